The summed E-state index contributed by atoms with van der Waals surface area (Å²) in [7, 11) is 0. The van der Waals surface area contributed by atoms with Gasteiger partial charge in [-0.25, -0.2) is 4.39 Å². The van der Waals surface area contributed by atoms with Gasteiger partial charge in [0.25, 0.3) is 0 Å². The zero-order valence-corrected chi connectivity index (χ0v) is 5.37. The van der Waals surface area contributed by atoms with Crippen molar-refractivity contribution in [1.29, 1.82) is 0 Å². The zero-order chi connectivity index (χ0) is 7.40. The predicted octanol–water partition coefficient (Wildman–Crippen LogP) is 1.08. The molecule has 1 N–H and O–H groups in total. The van der Waals surface area contributed by atoms with E-state index in [-0.39, 0.29) is 0 Å². The first-order valence-electron chi connectivity index (χ1n) is 2.99. The summed E-state index contributed by atoms with van der Waals surface area (Å²) >= 11 is 0. The second-order valence-electron chi connectivity index (χ2n) is 1.94. The number of hydrogen-bond acceptors (Lipinski definition) is 2. The zero-order valence-electron chi connectivity index (χ0n) is 5.37. The van der Waals surface area contributed by atoms with Gasteiger partial charge in [0.15, 0.2) is 0 Å². The Balaban J connectivity index is 2.75. The second-order valence-corrected chi connectivity index (χ2v) is 1.94. The van der Waals surface area contributed by atoms with Gasteiger partial charge in [-0.05, 0) is 6.07 Å². The van der Waals surface area contributed by atoms with E-state index in [9.17, 15) is 4.39 Å². The number of nitrogens with zero attached hydrogens (tertiary/aromatic N) is 1. The van der Waals surface area contributed by atoms with Gasteiger partial charge in [-0.2, -0.15) is 0 Å². The highest BCUT2D eigenvalue weighted by molar-refractivity contribution is 5.11. The van der Waals surface area contributed by atoms with Gasteiger partial charge in [-0.15, -0.1) is 0 Å². The van der Waals surface area contributed by atoms with Crippen LogP contribution in [-0.4, -0.2) is 16.7 Å². The Bertz CT molecular complexity index is 190. The number of pyridine rings is 1. The quantitative estimate of drug-likeness (QED) is 0.668. The van der Waals surface area contributed by atoms with Gasteiger partial charge in [0, 0.05) is 18.0 Å². The van der Waals surface area contributed by atoms with Crippen LogP contribution < -0.4 is 0 Å². The molecule has 1 aromatic rings. The lowest BCUT2D eigenvalue weighted by molar-refractivity contribution is 0.179. The van der Waals surface area contributed by atoms with Crippen LogP contribution in [-0.2, 0) is 0 Å². The molecule has 0 bridgehead atoms. The molecule has 1 heterocycles. The van der Waals surface area contributed by atoms with Gasteiger partial charge in [0.05, 0.1) is 6.61 Å². The standard InChI is InChI=1S/C7H8FNO/c8-7(5-10)6-2-1-3-9-4-6/h1-4,7,10H,5H2. The highest BCUT2D eigenvalue weighted by Crippen LogP contribution is 2.13. The fourth-order valence-electron chi connectivity index (χ4n) is 0.667. The summed E-state index contributed by atoms with van der Waals surface area (Å²) in [5, 5.41) is 8.39. The third-order valence-electron chi connectivity index (χ3n) is 1.21. The topological polar surface area (TPSA) is 33.1 Å². The Morgan fingerprint density at radius 2 is 2.50 bits per heavy atom. The van der Waals surface area contributed by atoms with Crippen LogP contribution in [0.4, 0.5) is 4.39 Å². The molecule has 54 valence electrons. The second kappa shape index (κ2) is 3.27. The molecule has 1 rings (SSSR count). The Morgan fingerprint density at radius 3 is 3.00 bits per heavy atom. The summed E-state index contributed by atoms with van der Waals surface area (Å²) in [6.45, 7) is -0.480. The molecule has 10 heavy (non-hydrogen) atoms. The summed E-state index contributed by atoms with van der Waals surface area (Å²) in [6, 6.07) is 3.23. The number of aliphatic hydroxyl groups is 1. The van der Waals surface area contributed by atoms with E-state index < -0.39 is 12.8 Å². The van der Waals surface area contributed by atoms with E-state index in [2.05, 4.69) is 4.98 Å². The van der Waals surface area contributed by atoms with Crippen molar-refractivity contribution in [3.05, 3.63) is 30.1 Å². The minimum atomic E-state index is -1.30. The lowest BCUT2D eigenvalue weighted by Gasteiger charge is -2.01. The van der Waals surface area contributed by atoms with Crippen molar-refractivity contribution in [1.82, 2.24) is 4.98 Å². The van der Waals surface area contributed by atoms with E-state index in [1.165, 1.54) is 6.20 Å². The van der Waals surface area contributed by atoms with Crippen LogP contribution in [0.15, 0.2) is 24.5 Å². The van der Waals surface area contributed by atoms with Gasteiger partial charge in [-0.1, -0.05) is 6.07 Å². The normalized spacial score (nSPS) is 13.0. The number of alkyl halides is 1. The SMILES string of the molecule is OCC(F)c1cccnc1. The molecular formula is C7H8FNO. The summed E-state index contributed by atoms with van der Waals surface area (Å²) in [5.41, 5.74) is 0.421. The third-order valence-corrected chi connectivity index (χ3v) is 1.21. The van der Waals surface area contributed by atoms with Gasteiger partial charge in [0.1, 0.15) is 6.17 Å². The molecule has 0 fully saturated rings. The molecule has 0 aromatic carbocycles. The molecule has 1 unspecified atom stereocenters. The molecule has 0 aliphatic heterocycles. The van der Waals surface area contributed by atoms with Crippen molar-refractivity contribution in [2.75, 3.05) is 6.61 Å². The average Bonchev–Trinajstić information content (AvgIpc) is 2.05. The van der Waals surface area contributed by atoms with Crippen molar-refractivity contribution in [3.63, 3.8) is 0 Å². The van der Waals surface area contributed by atoms with Crippen LogP contribution in [0.3, 0.4) is 0 Å². The Labute approximate surface area is 58.3 Å². The average molecular weight is 141 g/mol. The van der Waals surface area contributed by atoms with Gasteiger partial charge >= 0.3 is 0 Å². The molecule has 0 saturated carbocycles. The number of halogens is 1. The highest BCUT2D eigenvalue weighted by Gasteiger charge is 2.05. The van der Waals surface area contributed by atoms with Crippen LogP contribution in [0.1, 0.15) is 11.7 Å². The molecule has 3 heteroatoms. The van der Waals surface area contributed by atoms with Crippen LogP contribution in [0.25, 0.3) is 0 Å². The first-order valence-corrected chi connectivity index (χ1v) is 2.99. The fourth-order valence-corrected chi connectivity index (χ4v) is 0.667. The molecule has 0 aliphatic rings. The van der Waals surface area contributed by atoms with E-state index in [1.807, 2.05) is 0 Å². The lowest BCUT2D eigenvalue weighted by atomic mass is 10.2. The summed E-state index contributed by atoms with van der Waals surface area (Å²) in [6.07, 6.45) is 1.67. The van der Waals surface area contributed by atoms with Crippen LogP contribution in [0, 0.1) is 0 Å². The minimum Gasteiger partial charge on any atom is -0.393 e. The Kier molecular flexibility index (Phi) is 2.34. The first-order chi connectivity index (χ1) is 4.84. The summed E-state index contributed by atoms with van der Waals surface area (Å²) in [5.74, 6) is 0. The maximum Gasteiger partial charge on any atom is 0.150 e. The van der Waals surface area contributed by atoms with Crippen LogP contribution in [0.5, 0.6) is 0 Å². The molecule has 1 aromatic heterocycles. The molecule has 0 spiro atoms. The van der Waals surface area contributed by atoms with Crippen molar-refractivity contribution in [2.45, 2.75) is 6.17 Å². The molecular weight excluding hydrogens is 133 g/mol. The van der Waals surface area contributed by atoms with Crippen LogP contribution >= 0.6 is 0 Å². The molecule has 2 nitrogen and oxygen atoms in total. The van der Waals surface area contributed by atoms with Gasteiger partial charge in [-0.3, -0.25) is 4.98 Å². The molecule has 0 saturated heterocycles. The Morgan fingerprint density at radius 1 is 1.70 bits per heavy atom. The number of aromatic nitrogens is 1. The number of hydrogen-bond donors (Lipinski definition) is 1. The van der Waals surface area contributed by atoms with Crippen LogP contribution in [0.2, 0.25) is 0 Å². The van der Waals surface area contributed by atoms with E-state index >= 15 is 0 Å². The fraction of sp³-hybridized carbons (Fsp3) is 0.286. The first kappa shape index (κ1) is 7.15. The smallest absolute Gasteiger partial charge is 0.150 e. The van der Waals surface area contributed by atoms with Gasteiger partial charge in [0.2, 0.25) is 0 Å². The largest absolute Gasteiger partial charge is 0.393 e. The maximum atomic E-state index is 12.6. The van der Waals surface area contributed by atoms with Crippen molar-refractivity contribution in [3.8, 4) is 0 Å². The van der Waals surface area contributed by atoms with Crippen molar-refractivity contribution < 1.29 is 9.50 Å². The Hall–Kier alpha value is -0.960. The summed E-state index contributed by atoms with van der Waals surface area (Å²) in [4.78, 5) is 3.70. The van der Waals surface area contributed by atoms with Crippen molar-refractivity contribution in [2.24, 2.45) is 0 Å². The maximum absolute atomic E-state index is 12.6. The highest BCUT2D eigenvalue weighted by atomic mass is 19.1. The predicted molar refractivity (Wildman–Crippen MR) is 35.2 cm³/mol. The lowest BCUT2D eigenvalue weighted by Crippen LogP contribution is -1.96. The molecule has 1 atom stereocenters. The monoisotopic (exact) mass is 141 g/mol. The van der Waals surface area contributed by atoms with E-state index in [4.69, 9.17) is 5.11 Å². The van der Waals surface area contributed by atoms with Crippen molar-refractivity contribution >= 4 is 0 Å². The molecule has 0 amide bonds. The third kappa shape index (κ3) is 1.51. The number of aliphatic hydroxyl groups excluding tert-OH is 1. The van der Waals surface area contributed by atoms with Gasteiger partial charge < -0.3 is 5.11 Å². The molecule has 0 aliphatic carbocycles. The van der Waals surface area contributed by atoms with E-state index in [0.29, 0.717) is 5.56 Å². The number of rotatable bonds is 2. The molecule has 0 radical (unpaired) electrons. The van der Waals surface area contributed by atoms with E-state index in [1.54, 1.807) is 18.3 Å². The van der Waals surface area contributed by atoms with E-state index in [0.717, 1.165) is 0 Å². The summed E-state index contributed by atoms with van der Waals surface area (Å²) < 4.78 is 12.6. The minimum absolute atomic E-state index is 0.421.